The molecule has 5 rings (SSSR count). The van der Waals surface area contributed by atoms with Gasteiger partial charge in [0, 0.05) is 16.0 Å². The lowest BCUT2D eigenvalue weighted by atomic mass is 10.1. The summed E-state index contributed by atoms with van der Waals surface area (Å²) in [4.78, 5) is 29.3. The fraction of sp³-hybridized carbons (Fsp3) is 0.208. The minimum absolute atomic E-state index is 0.108. The first kappa shape index (κ1) is 21.4. The molecule has 2 aromatic heterocycles. The lowest BCUT2D eigenvalue weighted by Gasteiger charge is -2.22. The van der Waals surface area contributed by atoms with Gasteiger partial charge >= 0.3 is 0 Å². The highest BCUT2D eigenvalue weighted by molar-refractivity contribution is 9.10. The van der Waals surface area contributed by atoms with Crippen LogP contribution in [0, 0.1) is 13.8 Å². The van der Waals surface area contributed by atoms with E-state index >= 15 is 0 Å². The number of halogens is 2. The maximum atomic E-state index is 13.8. The Balaban J connectivity index is 1.55. The van der Waals surface area contributed by atoms with Crippen LogP contribution in [0.5, 0.6) is 0 Å². The SMILES string of the molecule is C=C1CC(c2nc3c(C)c(Cl)ccc3[nH]2)N(C(=O)c2nc(C)sc2-c2cccc(Br)c2)C1. The topological polar surface area (TPSA) is 61.9 Å². The molecule has 0 saturated carbocycles. The van der Waals surface area contributed by atoms with Crippen LogP contribution in [0.2, 0.25) is 5.02 Å². The number of thiazole rings is 1. The summed E-state index contributed by atoms with van der Waals surface area (Å²) in [5.41, 5.74) is 5.10. The highest BCUT2D eigenvalue weighted by Crippen LogP contribution is 2.39. The smallest absolute Gasteiger partial charge is 0.274 e. The van der Waals surface area contributed by atoms with Gasteiger partial charge in [-0.1, -0.05) is 51.8 Å². The molecule has 8 heteroatoms. The highest BCUT2D eigenvalue weighted by Gasteiger charge is 2.37. The predicted molar refractivity (Wildman–Crippen MR) is 133 cm³/mol. The van der Waals surface area contributed by atoms with Gasteiger partial charge in [-0.25, -0.2) is 9.97 Å². The second-order valence-electron chi connectivity index (χ2n) is 8.01. The van der Waals surface area contributed by atoms with Crippen molar-refractivity contribution in [1.29, 1.82) is 0 Å². The zero-order valence-corrected chi connectivity index (χ0v) is 20.7. The number of aromatic nitrogens is 3. The van der Waals surface area contributed by atoms with E-state index in [1.54, 1.807) is 0 Å². The third kappa shape index (κ3) is 3.68. The van der Waals surface area contributed by atoms with Crippen molar-refractivity contribution in [3.63, 3.8) is 0 Å². The highest BCUT2D eigenvalue weighted by atomic mass is 79.9. The molecule has 1 saturated heterocycles. The van der Waals surface area contributed by atoms with Crippen LogP contribution in [-0.2, 0) is 0 Å². The normalized spacial score (nSPS) is 16.3. The van der Waals surface area contributed by atoms with Crippen molar-refractivity contribution in [2.24, 2.45) is 0 Å². The van der Waals surface area contributed by atoms with Gasteiger partial charge in [0.2, 0.25) is 0 Å². The first-order valence-corrected chi connectivity index (χ1v) is 12.2. The molecule has 5 nitrogen and oxygen atoms in total. The van der Waals surface area contributed by atoms with E-state index in [0.29, 0.717) is 23.7 Å². The Labute approximate surface area is 203 Å². The van der Waals surface area contributed by atoms with Crippen molar-refractivity contribution < 1.29 is 4.79 Å². The van der Waals surface area contributed by atoms with Crippen molar-refractivity contribution in [2.75, 3.05) is 6.54 Å². The molecular weight excluding hydrogens is 508 g/mol. The molecule has 0 spiro atoms. The molecule has 3 heterocycles. The van der Waals surface area contributed by atoms with Gasteiger partial charge in [0.05, 0.1) is 27.0 Å². The summed E-state index contributed by atoms with van der Waals surface area (Å²) >= 11 is 11.3. The Morgan fingerprint density at radius 2 is 2.09 bits per heavy atom. The first-order chi connectivity index (χ1) is 15.3. The molecule has 1 aliphatic rings. The minimum atomic E-state index is -0.224. The molecule has 1 N–H and O–H groups in total. The first-order valence-electron chi connectivity index (χ1n) is 10.2. The number of imidazole rings is 1. The third-order valence-electron chi connectivity index (χ3n) is 5.71. The van der Waals surface area contributed by atoms with Crippen LogP contribution in [0.4, 0.5) is 0 Å². The number of rotatable bonds is 3. The average molecular weight is 528 g/mol. The number of carbonyl (C=O) groups excluding carboxylic acids is 1. The van der Waals surface area contributed by atoms with Gasteiger partial charge in [-0.2, -0.15) is 0 Å². The predicted octanol–water partition coefficient (Wildman–Crippen LogP) is 6.86. The summed E-state index contributed by atoms with van der Waals surface area (Å²) in [6.07, 6.45) is 0.660. The fourth-order valence-electron chi connectivity index (χ4n) is 4.16. The standard InChI is InChI=1S/C24H20BrClN4OS/c1-12-9-19(23-28-18-8-7-17(26)13(2)20(18)29-23)30(11-12)24(31)21-22(32-14(3)27-21)15-5-4-6-16(25)10-15/h4-8,10,19H,1,9,11H2,2-3H3,(H,28,29). The number of aromatic amines is 1. The maximum Gasteiger partial charge on any atom is 0.274 e. The Morgan fingerprint density at radius 1 is 1.28 bits per heavy atom. The van der Waals surface area contributed by atoms with Crippen LogP contribution in [0.15, 0.2) is 53.0 Å². The zero-order chi connectivity index (χ0) is 22.6. The van der Waals surface area contributed by atoms with Crippen molar-refractivity contribution >= 4 is 55.8 Å². The lowest BCUT2D eigenvalue weighted by molar-refractivity contribution is 0.0728. The van der Waals surface area contributed by atoms with E-state index in [4.69, 9.17) is 16.6 Å². The molecule has 1 amide bonds. The summed E-state index contributed by atoms with van der Waals surface area (Å²) < 4.78 is 0.961. The number of hydrogen-bond acceptors (Lipinski definition) is 4. The fourth-order valence-corrected chi connectivity index (χ4v) is 5.61. The number of H-pyrrole nitrogens is 1. The summed E-state index contributed by atoms with van der Waals surface area (Å²) in [7, 11) is 0. The summed E-state index contributed by atoms with van der Waals surface area (Å²) in [5.74, 6) is 0.636. The molecule has 1 atom stereocenters. The van der Waals surface area contributed by atoms with Gasteiger partial charge in [0.25, 0.3) is 5.91 Å². The molecule has 1 unspecified atom stereocenters. The van der Waals surface area contributed by atoms with Gasteiger partial charge in [0.15, 0.2) is 0 Å². The minimum Gasteiger partial charge on any atom is -0.340 e. The lowest BCUT2D eigenvalue weighted by Crippen LogP contribution is -2.31. The molecular formula is C24H20BrClN4OS. The van der Waals surface area contributed by atoms with Crippen LogP contribution in [-0.4, -0.2) is 32.3 Å². The number of carbonyl (C=O) groups is 1. The number of fused-ring (bicyclic) bond motifs is 1. The van der Waals surface area contributed by atoms with Crippen LogP contribution >= 0.6 is 38.9 Å². The Morgan fingerprint density at radius 3 is 2.88 bits per heavy atom. The number of hydrogen-bond donors (Lipinski definition) is 1. The van der Waals surface area contributed by atoms with E-state index in [0.717, 1.165) is 47.9 Å². The van der Waals surface area contributed by atoms with Crippen LogP contribution in [0.25, 0.3) is 21.5 Å². The Bertz CT molecular complexity index is 1390. The second-order valence-corrected chi connectivity index (χ2v) is 10.5. The van der Waals surface area contributed by atoms with Crippen molar-refractivity contribution in [2.45, 2.75) is 26.3 Å². The number of nitrogens with zero attached hydrogens (tertiary/aromatic N) is 3. The van der Waals surface area contributed by atoms with Crippen molar-refractivity contribution in [3.05, 3.63) is 80.1 Å². The molecule has 0 aliphatic carbocycles. The molecule has 4 aromatic rings. The molecule has 2 aromatic carbocycles. The molecule has 1 fully saturated rings. The van der Waals surface area contributed by atoms with E-state index < -0.39 is 0 Å². The molecule has 32 heavy (non-hydrogen) atoms. The molecule has 0 bridgehead atoms. The number of benzene rings is 2. The number of amides is 1. The second kappa shape index (κ2) is 8.14. The van der Waals surface area contributed by atoms with E-state index in [-0.39, 0.29) is 11.9 Å². The van der Waals surface area contributed by atoms with E-state index in [9.17, 15) is 4.79 Å². The van der Waals surface area contributed by atoms with Crippen LogP contribution in [0.3, 0.4) is 0 Å². The van der Waals surface area contributed by atoms with Gasteiger partial charge in [-0.15, -0.1) is 11.3 Å². The van der Waals surface area contributed by atoms with Crippen LogP contribution < -0.4 is 0 Å². The van der Waals surface area contributed by atoms with Crippen LogP contribution in [0.1, 0.15) is 39.3 Å². The summed E-state index contributed by atoms with van der Waals surface area (Å²) in [6, 6.07) is 11.5. The van der Waals surface area contributed by atoms with Gasteiger partial charge in [-0.3, -0.25) is 4.79 Å². The maximum absolute atomic E-state index is 13.8. The van der Waals surface area contributed by atoms with E-state index in [1.807, 2.05) is 55.1 Å². The summed E-state index contributed by atoms with van der Waals surface area (Å²) in [6.45, 7) is 8.52. The van der Waals surface area contributed by atoms with E-state index in [1.165, 1.54) is 11.3 Å². The quantitative estimate of drug-likeness (QED) is 0.296. The van der Waals surface area contributed by atoms with Crippen molar-refractivity contribution in [3.8, 4) is 10.4 Å². The zero-order valence-electron chi connectivity index (χ0n) is 17.6. The number of aryl methyl sites for hydroxylation is 2. The van der Waals surface area contributed by atoms with Gasteiger partial charge in [-0.05, 0) is 55.7 Å². The van der Waals surface area contributed by atoms with E-state index in [2.05, 4.69) is 32.5 Å². The van der Waals surface area contributed by atoms with Gasteiger partial charge < -0.3 is 9.88 Å². The molecule has 0 radical (unpaired) electrons. The largest absolute Gasteiger partial charge is 0.340 e. The average Bonchev–Trinajstić information content (AvgIpc) is 3.46. The monoisotopic (exact) mass is 526 g/mol. The number of likely N-dealkylation sites (tertiary alicyclic amines) is 1. The van der Waals surface area contributed by atoms with Crippen molar-refractivity contribution in [1.82, 2.24) is 19.9 Å². The number of nitrogens with one attached hydrogen (secondary N) is 1. The Hall–Kier alpha value is -2.48. The summed E-state index contributed by atoms with van der Waals surface area (Å²) in [5, 5.41) is 1.53. The molecule has 1 aliphatic heterocycles. The third-order valence-corrected chi connectivity index (χ3v) is 7.63. The Kier molecular flexibility index (Phi) is 5.43. The van der Waals surface area contributed by atoms with Gasteiger partial charge in [0.1, 0.15) is 11.5 Å². The molecule has 162 valence electrons.